The van der Waals surface area contributed by atoms with Gasteiger partial charge in [0, 0.05) is 24.6 Å². The van der Waals surface area contributed by atoms with Gasteiger partial charge in [-0.15, -0.1) is 6.42 Å². The van der Waals surface area contributed by atoms with E-state index in [4.69, 9.17) is 38.0 Å². The normalized spacial score (nSPS) is 23.6. The van der Waals surface area contributed by atoms with Crippen LogP contribution in [0, 0.1) is 12.3 Å². The molecule has 1 heterocycles. The molecule has 41 heavy (non-hydrogen) atoms. The molecule has 0 bridgehead atoms. The minimum atomic E-state index is -2.38. The molecule has 0 aromatic heterocycles. The second-order valence-electron chi connectivity index (χ2n) is 9.63. The van der Waals surface area contributed by atoms with E-state index < -0.39 is 67.1 Å². The van der Waals surface area contributed by atoms with Crippen molar-refractivity contribution in [1.29, 1.82) is 0 Å². The summed E-state index contributed by atoms with van der Waals surface area (Å²) >= 11 is 5.84. The van der Waals surface area contributed by atoms with Crippen molar-refractivity contribution in [2.75, 3.05) is 26.4 Å². The van der Waals surface area contributed by atoms with Crippen LogP contribution in [0.3, 0.4) is 0 Å². The van der Waals surface area contributed by atoms with E-state index in [1.165, 1.54) is 0 Å². The van der Waals surface area contributed by atoms with Gasteiger partial charge in [0.2, 0.25) is 5.91 Å². The van der Waals surface area contributed by atoms with E-state index in [2.05, 4.69) is 16.6 Å². The number of carboxylic acids is 1. The molecule has 13 nitrogen and oxygen atoms in total. The Kier molecular flexibility index (Phi) is 14.3. The number of rotatable bonds is 17. The molecule has 8 N–H and O–H groups in total. The number of terminal acetylenes is 1. The van der Waals surface area contributed by atoms with E-state index in [-0.39, 0.29) is 19.6 Å². The number of carbonyl (C=O) groups is 3. The number of aliphatic carboxylic acids is 1. The first-order valence-corrected chi connectivity index (χ1v) is 13.5. The van der Waals surface area contributed by atoms with E-state index in [0.29, 0.717) is 30.0 Å². The summed E-state index contributed by atoms with van der Waals surface area (Å²) in [6.07, 6.45) is 0.371. The molecule has 3 amide bonds. The van der Waals surface area contributed by atoms with Crippen LogP contribution in [0.4, 0.5) is 4.79 Å². The molecule has 1 saturated heterocycles. The Bertz CT molecular complexity index is 1040. The van der Waals surface area contributed by atoms with Gasteiger partial charge in [0.1, 0.15) is 18.8 Å². The fourth-order valence-electron chi connectivity index (χ4n) is 4.32. The van der Waals surface area contributed by atoms with Crippen molar-refractivity contribution < 1.29 is 49.0 Å². The first kappa shape index (κ1) is 34.2. The predicted molar refractivity (Wildman–Crippen MR) is 147 cm³/mol. The Labute approximate surface area is 243 Å². The molecule has 1 aliphatic heterocycles. The fourth-order valence-corrected chi connectivity index (χ4v) is 4.44. The van der Waals surface area contributed by atoms with Crippen molar-refractivity contribution >= 4 is 29.5 Å². The minimum Gasteiger partial charge on any atom is -0.477 e. The monoisotopic (exact) mass is 599 g/mol. The van der Waals surface area contributed by atoms with Crippen molar-refractivity contribution in [2.24, 2.45) is 5.73 Å². The number of carbonyl (C=O) groups excluding carboxylic acids is 2. The van der Waals surface area contributed by atoms with Gasteiger partial charge < -0.3 is 51.0 Å². The standard InChI is InChI=1S/C27H38ClN3O10/c1-2-11-39-12-5-3-4-6-13-40-27(25(36)37)15-19(32)22(31-26(29)38)24(41-27)23(35)20(33)16-30-21(34)14-17-7-9-18(28)10-8-17/h1,7-10,19-20,22-24,32-33,35H,3-6,11-16H2,(H,30,34)(H,36,37)(H3,29,31,38)/t19-,20+,22+,23+,24+,27+/m0/s1. The third-order valence-electron chi connectivity index (χ3n) is 6.43. The first-order valence-electron chi connectivity index (χ1n) is 13.2. The number of hydrogen-bond donors (Lipinski definition) is 7. The highest BCUT2D eigenvalue weighted by Crippen LogP contribution is 2.33. The summed E-state index contributed by atoms with van der Waals surface area (Å²) in [5.74, 6) is -2.05. The number of unbranched alkanes of at least 4 members (excludes halogenated alkanes) is 3. The highest BCUT2D eigenvalue weighted by Gasteiger charge is 2.55. The van der Waals surface area contributed by atoms with Crippen LogP contribution in [0.1, 0.15) is 37.7 Å². The summed E-state index contributed by atoms with van der Waals surface area (Å²) in [7, 11) is 0. The minimum absolute atomic E-state index is 0.0294. The van der Waals surface area contributed by atoms with Crippen LogP contribution < -0.4 is 16.4 Å². The van der Waals surface area contributed by atoms with Crippen LogP contribution in [0.15, 0.2) is 24.3 Å². The Morgan fingerprint density at radius 3 is 2.44 bits per heavy atom. The maximum absolute atomic E-state index is 12.3. The summed E-state index contributed by atoms with van der Waals surface area (Å²) in [4.78, 5) is 36.1. The zero-order valence-corrected chi connectivity index (χ0v) is 23.3. The van der Waals surface area contributed by atoms with E-state index in [9.17, 15) is 34.8 Å². The molecule has 1 fully saturated rings. The van der Waals surface area contributed by atoms with Gasteiger partial charge in [-0.1, -0.05) is 42.5 Å². The smallest absolute Gasteiger partial charge is 0.364 e. The highest BCUT2D eigenvalue weighted by molar-refractivity contribution is 6.30. The molecule has 0 unspecified atom stereocenters. The summed E-state index contributed by atoms with van der Waals surface area (Å²) in [5, 5.41) is 47.4. The molecule has 1 aromatic carbocycles. The Morgan fingerprint density at radius 2 is 1.83 bits per heavy atom. The zero-order chi connectivity index (χ0) is 30.4. The lowest BCUT2D eigenvalue weighted by Gasteiger charge is -2.46. The Morgan fingerprint density at radius 1 is 1.17 bits per heavy atom. The largest absolute Gasteiger partial charge is 0.477 e. The van der Waals surface area contributed by atoms with Gasteiger partial charge in [-0.25, -0.2) is 9.59 Å². The van der Waals surface area contributed by atoms with Crippen molar-refractivity contribution in [2.45, 2.75) is 74.8 Å². The number of aliphatic hydroxyl groups excluding tert-OH is 3. The molecule has 2 rings (SSSR count). The first-order chi connectivity index (χ1) is 19.5. The van der Waals surface area contributed by atoms with Crippen molar-refractivity contribution in [3.05, 3.63) is 34.9 Å². The lowest BCUT2D eigenvalue weighted by molar-refractivity contribution is -0.310. The number of nitrogens with one attached hydrogen (secondary N) is 2. The Balaban J connectivity index is 2.02. The third-order valence-corrected chi connectivity index (χ3v) is 6.68. The van der Waals surface area contributed by atoms with E-state index in [0.717, 1.165) is 12.8 Å². The van der Waals surface area contributed by atoms with Gasteiger partial charge in [-0.05, 0) is 30.5 Å². The SMILES string of the molecule is C#CCOCCCCCCO[C@]1(C(=O)O)C[C@H](O)[C@@H](NC(N)=O)[C@H]([C@H](O)[C@H](O)CNC(=O)Cc2ccc(Cl)cc2)O1. The van der Waals surface area contributed by atoms with Crippen LogP contribution >= 0.6 is 11.6 Å². The molecular weight excluding hydrogens is 562 g/mol. The van der Waals surface area contributed by atoms with Crippen LogP contribution in [-0.4, -0.2) is 101 Å². The number of carboxylic acid groups (broad SMARTS) is 1. The average molecular weight is 600 g/mol. The van der Waals surface area contributed by atoms with Crippen LogP contribution in [0.2, 0.25) is 5.02 Å². The third kappa shape index (κ3) is 11.1. The maximum atomic E-state index is 12.3. The van der Waals surface area contributed by atoms with Crippen LogP contribution in [0.5, 0.6) is 0 Å². The highest BCUT2D eigenvalue weighted by atomic mass is 35.5. The maximum Gasteiger partial charge on any atom is 0.364 e. The van der Waals surface area contributed by atoms with E-state index >= 15 is 0 Å². The molecule has 1 aliphatic rings. The van der Waals surface area contributed by atoms with Gasteiger partial charge in [0.15, 0.2) is 0 Å². The molecule has 228 valence electrons. The summed E-state index contributed by atoms with van der Waals surface area (Å²) in [5.41, 5.74) is 5.86. The van der Waals surface area contributed by atoms with Crippen molar-refractivity contribution in [1.82, 2.24) is 10.6 Å². The number of ether oxygens (including phenoxy) is 3. The molecule has 0 radical (unpaired) electrons. The van der Waals surface area contributed by atoms with E-state index in [1.807, 2.05) is 0 Å². The number of primary amides is 1. The number of nitrogens with two attached hydrogens (primary N) is 1. The van der Waals surface area contributed by atoms with Gasteiger partial charge >= 0.3 is 12.0 Å². The topological polar surface area (TPSA) is 210 Å². The van der Waals surface area contributed by atoms with Crippen molar-refractivity contribution in [3.8, 4) is 12.3 Å². The number of amides is 3. The zero-order valence-electron chi connectivity index (χ0n) is 22.5. The number of hydrogen-bond acceptors (Lipinski definition) is 9. The van der Waals surface area contributed by atoms with Crippen LogP contribution in [0.25, 0.3) is 0 Å². The number of halogens is 1. The summed E-state index contributed by atoms with van der Waals surface area (Å²) in [6.45, 7) is 0.229. The fraction of sp³-hybridized carbons (Fsp3) is 0.593. The lowest BCUT2D eigenvalue weighted by atomic mass is 9.88. The van der Waals surface area contributed by atoms with Crippen LogP contribution in [-0.2, 0) is 30.2 Å². The number of benzene rings is 1. The number of urea groups is 1. The molecule has 1 aromatic rings. The van der Waals surface area contributed by atoms with Gasteiger partial charge in [0.05, 0.1) is 31.3 Å². The lowest BCUT2D eigenvalue weighted by Crippen LogP contribution is -2.68. The second-order valence-corrected chi connectivity index (χ2v) is 10.1. The quantitative estimate of drug-likeness (QED) is 0.0934. The average Bonchev–Trinajstić information content (AvgIpc) is 2.92. The summed E-state index contributed by atoms with van der Waals surface area (Å²) < 4.78 is 16.4. The second kappa shape index (κ2) is 17.1. The van der Waals surface area contributed by atoms with Gasteiger partial charge in [0.25, 0.3) is 5.79 Å². The molecule has 14 heteroatoms. The van der Waals surface area contributed by atoms with Gasteiger partial charge in [-0.2, -0.15) is 0 Å². The summed E-state index contributed by atoms with van der Waals surface area (Å²) in [6, 6.07) is 4.09. The predicted octanol–water partition coefficient (Wildman–Crippen LogP) is -0.0851. The van der Waals surface area contributed by atoms with E-state index in [1.54, 1.807) is 24.3 Å². The molecular formula is C27H38ClN3O10. The van der Waals surface area contributed by atoms with Crippen molar-refractivity contribution in [3.63, 3.8) is 0 Å². The molecule has 0 saturated carbocycles. The van der Waals surface area contributed by atoms with Gasteiger partial charge in [-0.3, -0.25) is 4.79 Å². The molecule has 6 atom stereocenters. The number of aliphatic hydroxyl groups is 3. The molecule has 0 aliphatic carbocycles. The Hall–Kier alpha value is -2.96. The molecule has 0 spiro atoms.